The van der Waals surface area contributed by atoms with Crippen molar-refractivity contribution in [3.05, 3.63) is 313 Å². The number of aromatic hydroxyl groups is 2. The Morgan fingerprint density at radius 2 is 0.548 bits per heavy atom. The van der Waals surface area contributed by atoms with E-state index in [-0.39, 0.29) is 54.2 Å². The van der Waals surface area contributed by atoms with Crippen LogP contribution in [-0.2, 0) is 42.7 Å². The fraction of sp³-hybridized carbons (Fsp3) is 0.221. The van der Waals surface area contributed by atoms with Crippen LogP contribution in [0.5, 0.6) is 11.5 Å². The topological polar surface area (TPSA) is 59.9 Å². The molecule has 0 amide bonds. The molecule has 9 heteroatoms. The average molecular weight is 1550 g/mol. The van der Waals surface area contributed by atoms with Crippen LogP contribution in [0.15, 0.2) is 255 Å². The number of hydrogen-bond donors (Lipinski definition) is 2. The van der Waals surface area contributed by atoms with Crippen LogP contribution in [0.3, 0.4) is 0 Å². The zero-order valence-corrected chi connectivity index (χ0v) is 65.3. The zero-order chi connectivity index (χ0) is 72.6. The Bertz CT molecular complexity index is 4650. The zero-order valence-electron chi connectivity index (χ0n) is 63.0. The first kappa shape index (κ1) is 72.1. The maximum Gasteiger partial charge on any atom is 2.00 e. The molecule has 0 aromatic heterocycles. The van der Waals surface area contributed by atoms with Gasteiger partial charge in [0.2, 0.25) is 0 Å². The monoisotopic (exact) mass is 1550 g/mol. The maximum absolute atomic E-state index is 12.7. The minimum absolute atomic E-state index is 0. The van der Waals surface area contributed by atoms with Gasteiger partial charge in [-0.2, -0.15) is 0 Å². The van der Waals surface area contributed by atoms with Crippen molar-refractivity contribution in [1.29, 1.82) is 0 Å². The summed E-state index contributed by atoms with van der Waals surface area (Å²) in [6, 6.07) is 91.1. The molecule has 0 saturated heterocycles. The number of aryl methyl sites for hydroxylation is 4. The summed E-state index contributed by atoms with van der Waals surface area (Å²) in [6.45, 7) is 40.9. The van der Waals surface area contributed by atoms with Crippen LogP contribution in [0, 0.1) is 41.0 Å². The van der Waals surface area contributed by atoms with Crippen molar-refractivity contribution in [1.82, 2.24) is 0 Å². The molecule has 0 spiro atoms. The number of hydrogen-bond acceptors (Lipinski definition) is 8. The standard InChI is InChI=1S/C95H96N6O2.Pt/c1-62-45-80(100(76-29-21-17-22-30-76)77-31-23-18-24-32-77)46-63(2)90(62)68-39-43-84(88(102)55-68)98-60-96(86-53-66(37-41-82(86)98)70-49-72(92(5,6)7)57-73(50-70)93(8,9)10)59-97-61-99(83-42-38-67(54-87(83)97)71-51-74(94(11,12)13)58-75(52-71)95(14,15)16)85-44-40-69(56-89(85)103)91-64(3)47-81(48-65(91)4)101(78-33-25-19-26-34-78)79-35-27-20-28-36-79;/h17-58,60-61,102-103H,59H2,1-16H3;/q-2;+2. The second-order valence-corrected chi connectivity index (χ2v) is 32.4. The number of anilines is 12. The van der Waals surface area contributed by atoms with Crippen molar-refractivity contribution < 1.29 is 31.3 Å². The van der Waals surface area contributed by atoms with Gasteiger partial charge in [0.05, 0.1) is 11.4 Å². The number of phenolic OH excluding ortho intramolecular Hbond substituents is 2. The summed E-state index contributed by atoms with van der Waals surface area (Å²) in [4.78, 5) is 13.5. The smallest absolute Gasteiger partial charge is 0.506 e. The van der Waals surface area contributed by atoms with Crippen molar-refractivity contribution in [2.75, 3.05) is 36.1 Å². The van der Waals surface area contributed by atoms with E-state index in [1.807, 2.05) is 12.1 Å². The molecule has 528 valence electrons. The molecule has 12 aromatic rings. The second-order valence-electron chi connectivity index (χ2n) is 32.4. The largest absolute Gasteiger partial charge is 2.00 e. The Labute approximate surface area is 632 Å². The molecule has 104 heavy (non-hydrogen) atoms. The first-order chi connectivity index (χ1) is 49.0. The minimum Gasteiger partial charge on any atom is -0.506 e. The Balaban J connectivity index is 0.00000961. The van der Waals surface area contributed by atoms with Crippen molar-refractivity contribution >= 4 is 68.2 Å². The molecular weight excluding hydrogens is 1450 g/mol. The van der Waals surface area contributed by atoms with Crippen LogP contribution < -0.4 is 29.4 Å². The van der Waals surface area contributed by atoms with Gasteiger partial charge < -0.3 is 39.6 Å². The van der Waals surface area contributed by atoms with Crippen molar-refractivity contribution in [3.8, 4) is 56.0 Å². The minimum atomic E-state index is -0.0882. The molecule has 8 nitrogen and oxygen atoms in total. The van der Waals surface area contributed by atoms with Gasteiger partial charge >= 0.3 is 21.1 Å². The SMILES string of the molecule is Cc1cc(N(c2ccccc2)c2ccccc2)cc(C)c1-c1ccc(N2[CH-]N(CN3[CH-]N(c4ccc(-c5c(C)cc(N(c6ccccc6)c6ccccc6)cc5C)cc4O)c4ccc(-c5cc(C(C)(C)C)cc(C(C)(C)C)c5)cc43)c3cc(-c4cc(C(C)(C)C)cc(C(C)(C)C)c4)ccc32)c(O)c1.[Pt+2]. The average Bonchev–Trinajstić information content (AvgIpc) is 1.57. The summed E-state index contributed by atoms with van der Waals surface area (Å²) in [6.07, 6.45) is 0. The fourth-order valence-electron chi connectivity index (χ4n) is 14.9. The molecule has 0 radical (unpaired) electrons. The Morgan fingerprint density at radius 3 is 0.817 bits per heavy atom. The maximum atomic E-state index is 12.7. The van der Waals surface area contributed by atoms with E-state index in [0.29, 0.717) is 18.0 Å². The third kappa shape index (κ3) is 14.3. The van der Waals surface area contributed by atoms with Crippen LogP contribution in [0.4, 0.5) is 68.2 Å². The first-order valence-corrected chi connectivity index (χ1v) is 36.2. The molecule has 0 fully saturated rings. The number of phenols is 2. The number of para-hydroxylation sites is 4. The van der Waals surface area contributed by atoms with Crippen LogP contribution in [0.25, 0.3) is 44.5 Å². The van der Waals surface area contributed by atoms with E-state index in [0.717, 1.165) is 124 Å². The molecular formula is C95H96N6O2Pt. The van der Waals surface area contributed by atoms with E-state index in [1.54, 1.807) is 0 Å². The van der Waals surface area contributed by atoms with E-state index < -0.39 is 0 Å². The molecule has 12 aromatic carbocycles. The van der Waals surface area contributed by atoms with Crippen molar-refractivity contribution in [2.24, 2.45) is 0 Å². The molecule has 2 heterocycles. The third-order valence-corrected chi connectivity index (χ3v) is 20.6. The van der Waals surface area contributed by atoms with Gasteiger partial charge in [-0.25, -0.2) is 0 Å². The van der Waals surface area contributed by atoms with E-state index in [4.69, 9.17) is 0 Å². The molecule has 2 aliphatic rings. The van der Waals surface area contributed by atoms with Gasteiger partial charge in [-0.3, -0.25) is 0 Å². The summed E-state index contributed by atoms with van der Waals surface area (Å²) >= 11 is 0. The summed E-state index contributed by atoms with van der Waals surface area (Å²) < 4.78 is 0. The molecule has 0 unspecified atom stereocenters. The van der Waals surface area contributed by atoms with Crippen LogP contribution in [0.2, 0.25) is 0 Å². The number of fused-ring (bicyclic) bond motifs is 2. The number of nitrogens with zero attached hydrogens (tertiary/aromatic N) is 6. The van der Waals surface area contributed by atoms with Crippen LogP contribution in [-0.4, -0.2) is 16.9 Å². The second kappa shape index (κ2) is 28.1. The van der Waals surface area contributed by atoms with E-state index in [9.17, 15) is 10.2 Å². The molecule has 0 atom stereocenters. The molecule has 14 rings (SSSR count). The predicted molar refractivity (Wildman–Crippen MR) is 437 cm³/mol. The fourth-order valence-corrected chi connectivity index (χ4v) is 14.9. The van der Waals surface area contributed by atoms with Gasteiger partial charge in [0.1, 0.15) is 11.5 Å². The van der Waals surface area contributed by atoms with Gasteiger partial charge in [-0.1, -0.05) is 217 Å². The summed E-state index contributed by atoms with van der Waals surface area (Å²) in [5.41, 5.74) is 29.3. The van der Waals surface area contributed by atoms with Gasteiger partial charge in [-0.05, 0) is 260 Å². The molecule has 0 bridgehead atoms. The number of rotatable bonds is 14. The molecule has 0 saturated carbocycles. The van der Waals surface area contributed by atoms with Crippen LogP contribution >= 0.6 is 0 Å². The van der Waals surface area contributed by atoms with Gasteiger partial charge in [0.15, 0.2) is 0 Å². The van der Waals surface area contributed by atoms with Crippen LogP contribution in [0.1, 0.15) is 128 Å². The Hall–Kier alpha value is -10.3. The normalized spacial score (nSPS) is 13.1. The van der Waals surface area contributed by atoms with E-state index in [2.05, 4.69) is 396 Å². The van der Waals surface area contributed by atoms with Gasteiger partial charge in [-0.15, -0.1) is 13.3 Å². The number of benzene rings is 12. The van der Waals surface area contributed by atoms with E-state index in [1.165, 1.54) is 22.3 Å². The quantitative estimate of drug-likeness (QED) is 0.104. The third-order valence-electron chi connectivity index (χ3n) is 20.6. The van der Waals surface area contributed by atoms with E-state index >= 15 is 0 Å². The summed E-state index contributed by atoms with van der Waals surface area (Å²) in [5.74, 6) is 0.331. The molecule has 2 N–H and O–H groups in total. The van der Waals surface area contributed by atoms with Gasteiger partial charge in [0, 0.05) is 63.5 Å². The van der Waals surface area contributed by atoms with Gasteiger partial charge in [0.25, 0.3) is 0 Å². The molecule has 0 aliphatic carbocycles. The van der Waals surface area contributed by atoms with Crippen molar-refractivity contribution in [3.63, 3.8) is 0 Å². The predicted octanol–water partition coefficient (Wildman–Crippen LogP) is 25.9. The Kier molecular flexibility index (Phi) is 19.5. The summed E-state index contributed by atoms with van der Waals surface area (Å²) in [5, 5.41) is 25.4. The van der Waals surface area contributed by atoms with Crippen molar-refractivity contribution in [2.45, 2.75) is 132 Å². The molecule has 2 aliphatic heterocycles. The Morgan fingerprint density at radius 1 is 0.279 bits per heavy atom. The summed E-state index contributed by atoms with van der Waals surface area (Å²) in [7, 11) is 0. The first-order valence-electron chi connectivity index (χ1n) is 36.2.